The molecule has 0 fully saturated rings. The van der Waals surface area contributed by atoms with E-state index in [9.17, 15) is 4.79 Å². The molecule has 1 aromatic carbocycles. The summed E-state index contributed by atoms with van der Waals surface area (Å²) in [4.78, 5) is 10.4. The van der Waals surface area contributed by atoms with Crippen molar-refractivity contribution >= 4 is 27.7 Å². The van der Waals surface area contributed by atoms with Crippen LogP contribution in [-0.4, -0.2) is 6.29 Å². The third-order valence-corrected chi connectivity index (χ3v) is 2.39. The summed E-state index contributed by atoms with van der Waals surface area (Å²) in [6.07, 6.45) is 0.852. The first-order valence-electron chi connectivity index (χ1n) is 3.24. The third-order valence-electron chi connectivity index (χ3n) is 1.54. The Morgan fingerprint density at radius 1 is 1.38 bits per heavy atom. The van der Waals surface area contributed by atoms with Crippen molar-refractivity contribution in [1.29, 1.82) is 0 Å². The van der Waals surface area contributed by atoms with Gasteiger partial charge in [0.05, 0.1) is 0 Å². The molecule has 64 valence electrons. The van der Waals surface area contributed by atoms with Gasteiger partial charge in [-0.2, -0.15) is 17.5 Å². The van der Waals surface area contributed by atoms with Crippen LogP contribution in [0.2, 0.25) is 0 Å². The van der Waals surface area contributed by atoms with Gasteiger partial charge in [-0.25, -0.2) is 11.3 Å². The van der Waals surface area contributed by atoms with Gasteiger partial charge in [0.2, 0.25) is 0 Å². The summed E-state index contributed by atoms with van der Waals surface area (Å²) >= 11 is 1.64. The van der Waals surface area contributed by atoms with Gasteiger partial charge in [-0.3, -0.25) is 4.79 Å². The molecule has 0 saturated heterocycles. The van der Waals surface area contributed by atoms with Gasteiger partial charge in [-0.15, -0.1) is 6.07 Å². The van der Waals surface area contributed by atoms with E-state index >= 15 is 0 Å². The topological polar surface area (TPSA) is 17.1 Å². The second-order valence-corrected chi connectivity index (χ2v) is 3.16. The fourth-order valence-electron chi connectivity index (χ4n) is 0.993. The minimum absolute atomic E-state index is 0. The minimum Gasteiger partial charge on any atom is -0.299 e. The van der Waals surface area contributed by atoms with E-state index in [2.05, 4.69) is 6.07 Å². The van der Waals surface area contributed by atoms with E-state index in [0.717, 1.165) is 11.7 Å². The van der Waals surface area contributed by atoms with E-state index in [1.54, 1.807) is 11.3 Å². The van der Waals surface area contributed by atoms with Gasteiger partial charge >= 0.3 is 0 Å². The molecule has 0 aliphatic carbocycles. The molecule has 1 nitrogen and oxygen atoms in total. The van der Waals surface area contributed by atoms with Crippen LogP contribution in [0.4, 0.5) is 0 Å². The molecule has 1 heterocycles. The van der Waals surface area contributed by atoms with Crippen molar-refractivity contribution in [3.05, 3.63) is 35.2 Å². The second-order valence-electron chi connectivity index (χ2n) is 2.25. The van der Waals surface area contributed by atoms with Crippen molar-refractivity contribution in [1.82, 2.24) is 0 Å². The average Bonchev–Trinajstić information content (AvgIpc) is 2.50. The summed E-state index contributed by atoms with van der Waals surface area (Å²) in [5, 5.41) is 2.93. The Morgan fingerprint density at radius 2 is 2.15 bits per heavy atom. The van der Waals surface area contributed by atoms with Gasteiger partial charge in [-0.05, 0) is 5.56 Å². The largest absolute Gasteiger partial charge is 0.299 e. The molecule has 0 aliphatic rings. The molecule has 1 aromatic heterocycles. The van der Waals surface area contributed by atoms with Crippen LogP contribution < -0.4 is 0 Å². The van der Waals surface area contributed by atoms with Crippen molar-refractivity contribution < 1.29 is 51.8 Å². The Hall–Kier alpha value is 0.344. The quantitative estimate of drug-likeness (QED) is 0.441. The van der Waals surface area contributed by atoms with Gasteiger partial charge < -0.3 is 0 Å². The molecule has 0 spiro atoms. The molecular formula is C9H5AmOSY-. The standard InChI is InChI=1S/C9H5OS.Am.Y/c10-6-7-1-2-9-8(5-7)3-4-11-9;;/h1-2,4-6H;;/q-1;;. The molecule has 0 unspecified atom stereocenters. The van der Waals surface area contributed by atoms with Gasteiger partial charge in [0, 0.05) is 47.0 Å². The van der Waals surface area contributed by atoms with Crippen molar-refractivity contribution in [2.75, 3.05) is 0 Å². The summed E-state index contributed by atoms with van der Waals surface area (Å²) in [6.45, 7) is 0. The SMILES string of the molecule is O=Cc1ccc2sc[c-]c2c1.[Am].[Y]. The summed E-state index contributed by atoms with van der Waals surface area (Å²) in [5.74, 6) is 0. The van der Waals surface area contributed by atoms with E-state index in [0.29, 0.717) is 5.56 Å². The Bertz CT molecular complexity index is 399. The van der Waals surface area contributed by atoms with Crippen LogP contribution in [0.15, 0.2) is 23.6 Å². The number of benzene rings is 1. The van der Waals surface area contributed by atoms with E-state index in [1.165, 1.54) is 4.70 Å². The summed E-state index contributed by atoms with van der Waals surface area (Å²) in [6, 6.07) is 8.66. The molecule has 2 radical (unpaired) electrons. The van der Waals surface area contributed by atoms with E-state index in [1.807, 2.05) is 23.6 Å². The molecular weight excluding hydrogens is 488 g/mol. The van der Waals surface area contributed by atoms with Crippen LogP contribution >= 0.6 is 11.3 Å². The van der Waals surface area contributed by atoms with Gasteiger partial charge in [-0.1, -0.05) is 16.1 Å². The zero-order chi connectivity index (χ0) is 7.68. The molecule has 0 aliphatic heterocycles. The van der Waals surface area contributed by atoms with Crippen molar-refractivity contribution in [2.45, 2.75) is 0 Å². The maximum absolute atomic E-state index is 10.4. The normalized spacial score (nSPS) is 8.62. The molecule has 2 aromatic rings. The minimum atomic E-state index is 0. The molecule has 13 heavy (non-hydrogen) atoms. The van der Waals surface area contributed by atoms with Gasteiger partial charge in [0.25, 0.3) is 0 Å². The predicted octanol–water partition coefficient (Wildman–Crippen LogP) is 2.51. The molecule has 0 atom stereocenters. The average molecular weight is 493 g/mol. The number of hydrogen-bond acceptors (Lipinski definition) is 2. The maximum atomic E-state index is 10.4. The molecule has 0 bridgehead atoms. The Morgan fingerprint density at radius 3 is 2.85 bits per heavy atom. The van der Waals surface area contributed by atoms with Crippen molar-refractivity contribution in [3.8, 4) is 0 Å². The predicted molar refractivity (Wildman–Crippen MR) is 46.0 cm³/mol. The molecule has 4 heteroatoms. The number of rotatable bonds is 1. The van der Waals surface area contributed by atoms with E-state index < -0.39 is 0 Å². The van der Waals surface area contributed by atoms with E-state index in [-0.39, 0.29) is 47.0 Å². The van der Waals surface area contributed by atoms with Gasteiger partial charge in [0.15, 0.2) is 0 Å². The van der Waals surface area contributed by atoms with Crippen LogP contribution in [-0.2, 0) is 32.7 Å². The van der Waals surface area contributed by atoms with Crippen LogP contribution in [0.3, 0.4) is 0 Å². The number of carbonyl (C=O) groups is 1. The van der Waals surface area contributed by atoms with Crippen LogP contribution in [0.5, 0.6) is 0 Å². The molecule has 0 N–H and O–H groups in total. The van der Waals surface area contributed by atoms with Crippen molar-refractivity contribution in [2.24, 2.45) is 0 Å². The van der Waals surface area contributed by atoms with Crippen LogP contribution in [0.25, 0.3) is 10.1 Å². The Kier molecular flexibility index (Phi) is 6.10. The zero-order valence-electron chi connectivity index (χ0n) is 6.66. The number of carbonyl (C=O) groups excluding carboxylic acids is 1. The monoisotopic (exact) mass is 491 g/mol. The third kappa shape index (κ3) is 2.90. The molecule has 0 saturated carbocycles. The first-order valence-corrected chi connectivity index (χ1v) is 4.12. The van der Waals surface area contributed by atoms with Crippen LogP contribution in [0, 0.1) is 20.3 Å². The van der Waals surface area contributed by atoms with E-state index in [4.69, 9.17) is 0 Å². The smallest absolute Gasteiger partial charge is 0.137 e. The number of aldehydes is 1. The Balaban J connectivity index is 0.000000720. The number of thiophene rings is 1. The van der Waals surface area contributed by atoms with Crippen LogP contribution in [0.1, 0.15) is 10.4 Å². The fourth-order valence-corrected chi connectivity index (χ4v) is 1.70. The maximum Gasteiger partial charge on any atom is 0.137 e. The number of fused-ring (bicyclic) bond motifs is 1. The summed E-state index contributed by atoms with van der Waals surface area (Å²) in [5.41, 5.74) is 0.715. The Labute approximate surface area is 114 Å². The first kappa shape index (κ1) is 13.3. The summed E-state index contributed by atoms with van der Waals surface area (Å²) in [7, 11) is 0. The second kappa shape index (κ2) is 5.95. The first-order chi connectivity index (χ1) is 5.40. The fraction of sp³-hybridized carbons (Fsp3) is 0. The van der Waals surface area contributed by atoms with Crippen molar-refractivity contribution in [3.63, 3.8) is 0 Å². The number of hydrogen-bond donors (Lipinski definition) is 0. The molecule has 0 amide bonds. The zero-order valence-corrected chi connectivity index (χ0v) is 13.5. The molecule has 2 rings (SSSR count). The van der Waals surface area contributed by atoms with Gasteiger partial charge in [0.1, 0.15) is 6.29 Å². The summed E-state index contributed by atoms with van der Waals surface area (Å²) < 4.78 is 1.18.